The van der Waals surface area contributed by atoms with E-state index in [0.29, 0.717) is 32.0 Å². The van der Waals surface area contributed by atoms with E-state index in [0.717, 1.165) is 18.5 Å². The molecule has 1 aromatic carbocycles. The van der Waals surface area contributed by atoms with Crippen molar-refractivity contribution in [2.45, 2.75) is 33.2 Å². The molecular formula is C20H31N3O2. The molecule has 0 bridgehead atoms. The molecule has 1 aromatic rings. The molecule has 0 aliphatic heterocycles. The van der Waals surface area contributed by atoms with Gasteiger partial charge in [-0.2, -0.15) is 0 Å². The van der Waals surface area contributed by atoms with Gasteiger partial charge in [-0.3, -0.25) is 9.59 Å². The SMILES string of the molecule is Cc1cccc(CN(CCN(C)C)C(=O)CCNC(=O)[C@H]2C[C@@H]2C)c1. The zero-order valence-corrected chi connectivity index (χ0v) is 15.9. The Bertz CT molecular complexity index is 600. The first-order chi connectivity index (χ1) is 11.9. The van der Waals surface area contributed by atoms with Crippen LogP contribution in [0.4, 0.5) is 0 Å². The van der Waals surface area contributed by atoms with E-state index in [1.165, 1.54) is 5.56 Å². The Kier molecular flexibility index (Phi) is 7.00. The van der Waals surface area contributed by atoms with Crippen molar-refractivity contribution in [2.24, 2.45) is 11.8 Å². The summed E-state index contributed by atoms with van der Waals surface area (Å²) in [5, 5.41) is 2.90. The van der Waals surface area contributed by atoms with Gasteiger partial charge in [0.05, 0.1) is 0 Å². The zero-order chi connectivity index (χ0) is 18.4. The van der Waals surface area contributed by atoms with Crippen LogP contribution >= 0.6 is 0 Å². The third-order valence-corrected chi connectivity index (χ3v) is 4.71. The highest BCUT2D eigenvalue weighted by Gasteiger charge is 2.38. The lowest BCUT2D eigenvalue weighted by molar-refractivity contribution is -0.132. The summed E-state index contributed by atoms with van der Waals surface area (Å²) in [6.07, 6.45) is 1.33. The van der Waals surface area contributed by atoms with Crippen molar-refractivity contribution >= 4 is 11.8 Å². The number of benzene rings is 1. The van der Waals surface area contributed by atoms with Crippen LogP contribution in [0.25, 0.3) is 0 Å². The molecule has 0 heterocycles. The van der Waals surface area contributed by atoms with Crippen molar-refractivity contribution in [1.29, 1.82) is 0 Å². The number of hydrogen-bond acceptors (Lipinski definition) is 3. The Hall–Kier alpha value is -1.88. The molecule has 5 nitrogen and oxygen atoms in total. The molecule has 0 radical (unpaired) electrons. The van der Waals surface area contributed by atoms with E-state index in [-0.39, 0.29) is 17.7 Å². The zero-order valence-electron chi connectivity index (χ0n) is 15.9. The fourth-order valence-corrected chi connectivity index (χ4v) is 2.91. The average molecular weight is 345 g/mol. The van der Waals surface area contributed by atoms with E-state index >= 15 is 0 Å². The molecule has 0 saturated heterocycles. The molecule has 0 spiro atoms. The Morgan fingerprint density at radius 2 is 1.96 bits per heavy atom. The average Bonchev–Trinajstić information content (AvgIpc) is 3.28. The predicted molar refractivity (Wildman–Crippen MR) is 100 cm³/mol. The summed E-state index contributed by atoms with van der Waals surface area (Å²) in [6.45, 7) is 6.69. The molecule has 2 amide bonds. The van der Waals surface area contributed by atoms with E-state index in [9.17, 15) is 9.59 Å². The van der Waals surface area contributed by atoms with Crippen LogP contribution < -0.4 is 5.32 Å². The molecule has 0 aromatic heterocycles. The Labute approximate surface area is 151 Å². The molecule has 1 saturated carbocycles. The minimum absolute atomic E-state index is 0.0903. The van der Waals surface area contributed by atoms with Crippen LogP contribution in [0.3, 0.4) is 0 Å². The van der Waals surface area contributed by atoms with Crippen LogP contribution in [-0.4, -0.2) is 55.3 Å². The van der Waals surface area contributed by atoms with E-state index in [1.54, 1.807) is 0 Å². The highest BCUT2D eigenvalue weighted by molar-refractivity contribution is 5.82. The minimum Gasteiger partial charge on any atom is -0.355 e. The first-order valence-corrected chi connectivity index (χ1v) is 9.12. The summed E-state index contributed by atoms with van der Waals surface area (Å²) in [7, 11) is 4.01. The standard InChI is InChI=1S/C20H31N3O2/c1-15-6-5-7-17(12-15)14-23(11-10-22(3)4)19(24)8-9-21-20(25)18-13-16(18)2/h5-7,12,16,18H,8-11,13-14H2,1-4H3,(H,21,25)/t16-,18-/m0/s1. The highest BCUT2D eigenvalue weighted by Crippen LogP contribution is 2.37. The normalized spacial score (nSPS) is 18.9. The molecule has 0 unspecified atom stereocenters. The van der Waals surface area contributed by atoms with Gasteiger partial charge in [0, 0.05) is 38.5 Å². The molecule has 138 valence electrons. The second kappa shape index (κ2) is 8.99. The number of amides is 2. The first kappa shape index (κ1) is 19.4. The maximum absolute atomic E-state index is 12.6. The van der Waals surface area contributed by atoms with Gasteiger partial charge in [-0.1, -0.05) is 36.8 Å². The number of aryl methyl sites for hydroxylation is 1. The van der Waals surface area contributed by atoms with Crippen molar-refractivity contribution in [1.82, 2.24) is 15.1 Å². The monoisotopic (exact) mass is 345 g/mol. The summed E-state index contributed by atoms with van der Waals surface area (Å²) in [5.41, 5.74) is 2.34. The second-order valence-electron chi connectivity index (χ2n) is 7.47. The maximum atomic E-state index is 12.6. The number of nitrogens with one attached hydrogen (secondary N) is 1. The summed E-state index contributed by atoms with van der Waals surface area (Å²) in [6, 6.07) is 8.26. The number of likely N-dealkylation sites (N-methyl/N-ethyl adjacent to an activating group) is 1. The van der Waals surface area contributed by atoms with E-state index in [4.69, 9.17) is 0 Å². The summed E-state index contributed by atoms with van der Waals surface area (Å²) >= 11 is 0. The van der Waals surface area contributed by atoms with Crippen molar-refractivity contribution in [3.05, 3.63) is 35.4 Å². The Morgan fingerprint density at radius 1 is 1.24 bits per heavy atom. The van der Waals surface area contributed by atoms with Gasteiger partial charge in [0.1, 0.15) is 0 Å². The minimum atomic E-state index is 0.0903. The van der Waals surface area contributed by atoms with Gasteiger partial charge < -0.3 is 15.1 Å². The van der Waals surface area contributed by atoms with Gasteiger partial charge in [0.15, 0.2) is 0 Å². The van der Waals surface area contributed by atoms with E-state index < -0.39 is 0 Å². The molecule has 25 heavy (non-hydrogen) atoms. The van der Waals surface area contributed by atoms with Crippen molar-refractivity contribution < 1.29 is 9.59 Å². The Morgan fingerprint density at radius 3 is 2.56 bits per heavy atom. The predicted octanol–water partition coefficient (Wildman–Crippen LogP) is 2.05. The van der Waals surface area contributed by atoms with Crippen molar-refractivity contribution in [2.75, 3.05) is 33.7 Å². The van der Waals surface area contributed by atoms with Crippen LogP contribution in [0.15, 0.2) is 24.3 Å². The summed E-state index contributed by atoms with van der Waals surface area (Å²) in [5.74, 6) is 0.840. The van der Waals surface area contributed by atoms with Gasteiger partial charge in [0.25, 0.3) is 0 Å². The van der Waals surface area contributed by atoms with Crippen LogP contribution in [0.2, 0.25) is 0 Å². The van der Waals surface area contributed by atoms with E-state index in [1.807, 2.05) is 25.1 Å². The lowest BCUT2D eigenvalue weighted by Crippen LogP contribution is -2.38. The van der Waals surface area contributed by atoms with Gasteiger partial charge in [-0.05, 0) is 38.9 Å². The maximum Gasteiger partial charge on any atom is 0.224 e. The summed E-state index contributed by atoms with van der Waals surface area (Å²) < 4.78 is 0. The highest BCUT2D eigenvalue weighted by atomic mass is 16.2. The smallest absolute Gasteiger partial charge is 0.224 e. The molecule has 1 aliphatic carbocycles. The third kappa shape index (κ3) is 6.50. The largest absolute Gasteiger partial charge is 0.355 e. The quantitative estimate of drug-likeness (QED) is 0.745. The lowest BCUT2D eigenvalue weighted by Gasteiger charge is -2.25. The van der Waals surface area contributed by atoms with Gasteiger partial charge in [0.2, 0.25) is 11.8 Å². The molecule has 2 rings (SSSR count). The fourth-order valence-electron chi connectivity index (χ4n) is 2.91. The molecule has 1 fully saturated rings. The lowest BCUT2D eigenvalue weighted by atomic mass is 10.1. The van der Waals surface area contributed by atoms with Crippen molar-refractivity contribution in [3.8, 4) is 0 Å². The third-order valence-electron chi connectivity index (χ3n) is 4.71. The number of carbonyl (C=O) groups excluding carboxylic acids is 2. The Balaban J connectivity index is 1.86. The topological polar surface area (TPSA) is 52.6 Å². The van der Waals surface area contributed by atoms with Gasteiger partial charge in [-0.25, -0.2) is 0 Å². The molecular weight excluding hydrogens is 314 g/mol. The molecule has 5 heteroatoms. The van der Waals surface area contributed by atoms with Crippen LogP contribution in [0.5, 0.6) is 0 Å². The number of hydrogen-bond donors (Lipinski definition) is 1. The van der Waals surface area contributed by atoms with Crippen LogP contribution in [-0.2, 0) is 16.1 Å². The molecule has 2 atom stereocenters. The van der Waals surface area contributed by atoms with Crippen molar-refractivity contribution in [3.63, 3.8) is 0 Å². The van der Waals surface area contributed by atoms with Crippen LogP contribution in [0, 0.1) is 18.8 Å². The second-order valence-corrected chi connectivity index (χ2v) is 7.47. The first-order valence-electron chi connectivity index (χ1n) is 9.12. The van der Waals surface area contributed by atoms with E-state index in [2.05, 4.69) is 42.3 Å². The molecule has 1 aliphatic rings. The van der Waals surface area contributed by atoms with Gasteiger partial charge >= 0.3 is 0 Å². The number of nitrogens with zero attached hydrogens (tertiary/aromatic N) is 2. The van der Waals surface area contributed by atoms with Crippen LogP contribution in [0.1, 0.15) is 30.9 Å². The number of carbonyl (C=O) groups is 2. The molecule has 1 N–H and O–H groups in total. The number of rotatable bonds is 9. The van der Waals surface area contributed by atoms with Gasteiger partial charge in [-0.15, -0.1) is 0 Å². The summed E-state index contributed by atoms with van der Waals surface area (Å²) in [4.78, 5) is 28.5. The fraction of sp³-hybridized carbons (Fsp3) is 0.600.